The van der Waals surface area contributed by atoms with Crippen molar-refractivity contribution in [3.63, 3.8) is 0 Å². The number of hydrogen-bond donors (Lipinski definition) is 1. The van der Waals surface area contributed by atoms with Crippen molar-refractivity contribution in [1.29, 1.82) is 0 Å². The summed E-state index contributed by atoms with van der Waals surface area (Å²) in [6.07, 6.45) is 1.76. The molecule has 0 aromatic heterocycles. The minimum absolute atomic E-state index is 0.130. The molecule has 0 unspecified atom stereocenters. The van der Waals surface area contributed by atoms with Crippen molar-refractivity contribution in [2.75, 3.05) is 0 Å². The molecule has 31 heavy (non-hydrogen) atoms. The maximum atomic E-state index is 13.8. The third-order valence-corrected chi connectivity index (χ3v) is 6.06. The molecule has 0 spiro atoms. The van der Waals surface area contributed by atoms with Crippen molar-refractivity contribution in [1.82, 2.24) is 5.32 Å². The summed E-state index contributed by atoms with van der Waals surface area (Å²) >= 11 is 3.35. The zero-order chi connectivity index (χ0) is 21.8. The maximum absolute atomic E-state index is 13.8. The average molecular weight is 548 g/mol. The van der Waals surface area contributed by atoms with Gasteiger partial charge in [0.2, 0.25) is 0 Å². The van der Waals surface area contributed by atoms with E-state index in [0.29, 0.717) is 27.1 Å². The van der Waals surface area contributed by atoms with Gasteiger partial charge in [0.25, 0.3) is 5.91 Å². The van der Waals surface area contributed by atoms with Gasteiger partial charge in [-0.05, 0) is 88.5 Å². The summed E-state index contributed by atoms with van der Waals surface area (Å²) in [5, 5.41) is 3.14. The van der Waals surface area contributed by atoms with Gasteiger partial charge in [-0.3, -0.25) is 4.79 Å². The monoisotopic (exact) mass is 548 g/mol. The largest absolute Gasteiger partial charge is 0.488 e. The molecular weight excluding hydrogens is 533 g/mol. The van der Waals surface area contributed by atoms with Crippen molar-refractivity contribution in [3.8, 4) is 5.75 Å². The van der Waals surface area contributed by atoms with Crippen molar-refractivity contribution < 1.29 is 18.3 Å². The molecule has 4 rings (SSSR count). The van der Waals surface area contributed by atoms with Crippen LogP contribution in [0.25, 0.3) is 6.08 Å². The molecule has 156 valence electrons. The van der Waals surface area contributed by atoms with Crippen molar-refractivity contribution in [2.45, 2.75) is 6.61 Å². The Morgan fingerprint density at radius 3 is 2.58 bits per heavy atom. The average Bonchev–Trinajstić information content (AvgIpc) is 3.09. The van der Waals surface area contributed by atoms with Gasteiger partial charge in [-0.2, -0.15) is 0 Å². The summed E-state index contributed by atoms with van der Waals surface area (Å²) in [5.41, 5.74) is 1.86. The molecule has 3 aromatic carbocycles. The van der Waals surface area contributed by atoms with Crippen LogP contribution < -0.4 is 10.1 Å². The molecule has 1 heterocycles. The minimum atomic E-state index is -0.344. The number of carbonyl (C=O) groups excluding carboxylic acids is 1. The Bertz CT molecular complexity index is 1200. The minimum Gasteiger partial charge on any atom is -0.488 e. The summed E-state index contributed by atoms with van der Waals surface area (Å²) < 4.78 is 33.4. The van der Waals surface area contributed by atoms with Gasteiger partial charge in [-0.1, -0.05) is 24.3 Å². The number of nitrogens with zero attached hydrogens (tertiary/aromatic N) is 1. The predicted molar refractivity (Wildman–Crippen MR) is 127 cm³/mol. The molecule has 4 nitrogen and oxygen atoms in total. The number of nitrogens with one attached hydrogen (secondary N) is 1. The van der Waals surface area contributed by atoms with Gasteiger partial charge in [-0.25, -0.2) is 13.8 Å². The third kappa shape index (κ3) is 5.50. The Hall–Kier alpha value is -2.72. The molecule has 1 N–H and O–H groups in total. The van der Waals surface area contributed by atoms with Crippen LogP contribution in [0, 0.1) is 15.2 Å². The number of amides is 1. The number of aliphatic imine (C=N–C) groups is 1. The number of amidine groups is 1. The van der Waals surface area contributed by atoms with E-state index in [1.807, 2.05) is 12.1 Å². The van der Waals surface area contributed by atoms with E-state index in [4.69, 9.17) is 4.74 Å². The highest BCUT2D eigenvalue weighted by Crippen LogP contribution is 2.30. The van der Waals surface area contributed by atoms with Crippen LogP contribution in [-0.4, -0.2) is 11.1 Å². The van der Waals surface area contributed by atoms with Crippen molar-refractivity contribution >= 4 is 57.2 Å². The second kappa shape index (κ2) is 9.61. The fraction of sp³-hybridized carbons (Fsp3) is 0.0435. The Balaban J connectivity index is 1.46. The first kappa shape index (κ1) is 21.5. The van der Waals surface area contributed by atoms with Crippen LogP contribution >= 0.6 is 34.4 Å². The predicted octanol–water partition coefficient (Wildman–Crippen LogP) is 6.04. The van der Waals surface area contributed by atoms with E-state index in [1.54, 1.807) is 42.5 Å². The number of hydrogen-bond acceptors (Lipinski definition) is 4. The highest BCUT2D eigenvalue weighted by molar-refractivity contribution is 14.1. The lowest BCUT2D eigenvalue weighted by Gasteiger charge is -2.09. The number of halogens is 3. The lowest BCUT2D eigenvalue weighted by molar-refractivity contribution is -0.115. The molecule has 0 atom stereocenters. The number of benzene rings is 3. The van der Waals surface area contributed by atoms with Crippen molar-refractivity contribution in [2.24, 2.45) is 4.99 Å². The first-order valence-electron chi connectivity index (χ1n) is 9.19. The van der Waals surface area contributed by atoms with E-state index < -0.39 is 0 Å². The van der Waals surface area contributed by atoms with E-state index in [9.17, 15) is 13.6 Å². The SMILES string of the molecule is O=C1NC(=Nc2ccc(F)cc2)S/C1=C/c1ccc(OCc2ccccc2F)c(I)c1. The van der Waals surface area contributed by atoms with Gasteiger partial charge in [0.1, 0.15) is 24.0 Å². The molecule has 0 radical (unpaired) electrons. The molecular formula is C23H15F2IN2O2S. The van der Waals surface area contributed by atoms with Crippen LogP contribution in [0.5, 0.6) is 5.75 Å². The summed E-state index contributed by atoms with van der Waals surface area (Å²) in [6, 6.07) is 17.7. The first-order valence-corrected chi connectivity index (χ1v) is 11.1. The summed E-state index contributed by atoms with van der Waals surface area (Å²) in [6.45, 7) is 0.130. The molecule has 0 aliphatic carbocycles. The third-order valence-electron chi connectivity index (χ3n) is 4.30. The zero-order valence-corrected chi connectivity index (χ0v) is 18.9. The van der Waals surface area contributed by atoms with Gasteiger partial charge >= 0.3 is 0 Å². The molecule has 8 heteroatoms. The van der Waals surface area contributed by atoms with E-state index in [-0.39, 0.29) is 24.1 Å². The molecule has 3 aromatic rings. The van der Waals surface area contributed by atoms with Crippen LogP contribution in [0.3, 0.4) is 0 Å². The number of thioether (sulfide) groups is 1. The van der Waals surface area contributed by atoms with Crippen LogP contribution in [0.1, 0.15) is 11.1 Å². The van der Waals surface area contributed by atoms with Crippen LogP contribution in [0.15, 0.2) is 76.6 Å². The molecule has 1 fully saturated rings. The molecule has 0 bridgehead atoms. The highest BCUT2D eigenvalue weighted by Gasteiger charge is 2.23. The lowest BCUT2D eigenvalue weighted by atomic mass is 10.2. The fourth-order valence-electron chi connectivity index (χ4n) is 2.76. The number of ether oxygens (including phenoxy) is 1. The van der Waals surface area contributed by atoms with E-state index >= 15 is 0 Å². The normalized spacial score (nSPS) is 16.0. The zero-order valence-electron chi connectivity index (χ0n) is 15.9. The molecule has 1 aliphatic rings. The quantitative estimate of drug-likeness (QED) is 0.313. The number of rotatable bonds is 5. The van der Waals surface area contributed by atoms with Crippen LogP contribution in [-0.2, 0) is 11.4 Å². The van der Waals surface area contributed by atoms with E-state index in [1.165, 1.54) is 30.0 Å². The summed E-state index contributed by atoms with van der Waals surface area (Å²) in [7, 11) is 0. The second-order valence-electron chi connectivity index (χ2n) is 6.53. The van der Waals surface area contributed by atoms with Crippen LogP contribution in [0.4, 0.5) is 14.5 Å². The molecule has 0 saturated carbocycles. The Morgan fingerprint density at radius 1 is 1.06 bits per heavy atom. The Kier molecular flexibility index (Phi) is 6.67. The maximum Gasteiger partial charge on any atom is 0.264 e. The highest BCUT2D eigenvalue weighted by atomic mass is 127. The van der Waals surface area contributed by atoms with Gasteiger partial charge in [0, 0.05) is 5.56 Å². The Morgan fingerprint density at radius 2 is 1.84 bits per heavy atom. The van der Waals surface area contributed by atoms with E-state index in [2.05, 4.69) is 32.9 Å². The van der Waals surface area contributed by atoms with E-state index in [0.717, 1.165) is 9.13 Å². The fourth-order valence-corrected chi connectivity index (χ4v) is 4.30. The smallest absolute Gasteiger partial charge is 0.264 e. The number of carbonyl (C=O) groups is 1. The standard InChI is InChI=1S/C23H15F2IN2O2S/c24-16-6-8-17(9-7-16)27-23-28-22(29)21(31-23)12-14-5-10-20(19(26)11-14)30-13-15-3-1-2-4-18(15)25/h1-12H,13H2,(H,27,28,29)/b21-12+. The molecule has 1 aliphatic heterocycles. The van der Waals surface area contributed by atoms with Gasteiger partial charge in [0.15, 0.2) is 5.17 Å². The summed E-state index contributed by atoms with van der Waals surface area (Å²) in [4.78, 5) is 17.1. The van der Waals surface area contributed by atoms with Gasteiger partial charge in [-0.15, -0.1) is 0 Å². The van der Waals surface area contributed by atoms with Crippen LogP contribution in [0.2, 0.25) is 0 Å². The first-order chi connectivity index (χ1) is 15.0. The molecule has 1 saturated heterocycles. The van der Waals surface area contributed by atoms with Gasteiger partial charge < -0.3 is 10.1 Å². The lowest BCUT2D eigenvalue weighted by Crippen LogP contribution is -2.19. The summed E-state index contributed by atoms with van der Waals surface area (Å²) in [5.74, 6) is -0.265. The van der Waals surface area contributed by atoms with Gasteiger partial charge in [0.05, 0.1) is 14.2 Å². The van der Waals surface area contributed by atoms with Crippen molar-refractivity contribution in [3.05, 3.63) is 98.0 Å². The Labute approximate surface area is 195 Å². The second-order valence-corrected chi connectivity index (χ2v) is 8.72. The molecule has 1 amide bonds. The topological polar surface area (TPSA) is 50.7 Å².